The summed E-state index contributed by atoms with van der Waals surface area (Å²) < 4.78 is 0. The van der Waals surface area contributed by atoms with Crippen molar-refractivity contribution in [1.29, 1.82) is 0 Å². The first-order valence-corrected chi connectivity index (χ1v) is 6.18. The second-order valence-corrected chi connectivity index (χ2v) is 4.90. The number of nitrogens with one attached hydrogen (secondary N) is 1. The summed E-state index contributed by atoms with van der Waals surface area (Å²) in [5.74, 6) is -1.54. The molecule has 0 saturated carbocycles. The number of aromatic carboxylic acids is 1. The van der Waals surface area contributed by atoms with Gasteiger partial charge in [0.15, 0.2) is 0 Å². The monoisotopic (exact) mass is 265 g/mol. The van der Waals surface area contributed by atoms with Crippen LogP contribution in [0.15, 0.2) is 24.3 Å². The Morgan fingerprint density at radius 2 is 1.74 bits per heavy atom. The van der Waals surface area contributed by atoms with Crippen LogP contribution in [0.3, 0.4) is 0 Å². The molecule has 1 rings (SSSR count). The van der Waals surface area contributed by atoms with E-state index in [1.165, 1.54) is 12.1 Å². The molecule has 0 spiro atoms. The van der Waals surface area contributed by atoms with Crippen molar-refractivity contribution in [2.24, 2.45) is 5.92 Å². The van der Waals surface area contributed by atoms with Crippen LogP contribution < -0.4 is 5.32 Å². The third-order valence-corrected chi connectivity index (χ3v) is 2.76. The average molecular weight is 265 g/mol. The number of carbonyl (C=O) groups is 2. The van der Waals surface area contributed by atoms with E-state index in [2.05, 4.69) is 5.32 Å². The lowest BCUT2D eigenvalue weighted by molar-refractivity contribution is -0.140. The maximum atomic E-state index is 11.1. The summed E-state index contributed by atoms with van der Waals surface area (Å²) in [5.41, 5.74) is 1.08. The Balaban J connectivity index is 2.59. The van der Waals surface area contributed by atoms with E-state index < -0.39 is 18.0 Å². The molecule has 19 heavy (non-hydrogen) atoms. The molecule has 0 aliphatic rings. The second kappa shape index (κ2) is 6.89. The van der Waals surface area contributed by atoms with Crippen LogP contribution in [0, 0.1) is 5.92 Å². The molecule has 1 atom stereocenters. The van der Waals surface area contributed by atoms with E-state index in [4.69, 9.17) is 10.2 Å². The number of carboxylic acids is 2. The lowest BCUT2D eigenvalue weighted by atomic mass is 10.0. The molecule has 0 fully saturated rings. The highest BCUT2D eigenvalue weighted by atomic mass is 16.4. The predicted molar refractivity (Wildman–Crippen MR) is 71.1 cm³/mol. The van der Waals surface area contributed by atoms with Gasteiger partial charge in [-0.15, -0.1) is 0 Å². The van der Waals surface area contributed by atoms with Gasteiger partial charge in [-0.1, -0.05) is 26.0 Å². The molecule has 0 bridgehead atoms. The van der Waals surface area contributed by atoms with Gasteiger partial charge in [0, 0.05) is 6.54 Å². The smallest absolute Gasteiger partial charge is 0.335 e. The molecule has 3 N–H and O–H groups in total. The van der Waals surface area contributed by atoms with Gasteiger partial charge in [0.1, 0.15) is 6.04 Å². The Hall–Kier alpha value is -1.88. The minimum Gasteiger partial charge on any atom is -0.480 e. The highest BCUT2D eigenvalue weighted by Crippen LogP contribution is 2.08. The van der Waals surface area contributed by atoms with E-state index in [0.29, 0.717) is 18.9 Å². The Kier molecular flexibility index (Phi) is 5.51. The van der Waals surface area contributed by atoms with E-state index in [9.17, 15) is 9.59 Å². The molecule has 0 saturated heterocycles. The van der Waals surface area contributed by atoms with E-state index >= 15 is 0 Å². The van der Waals surface area contributed by atoms with Crippen LogP contribution >= 0.6 is 0 Å². The van der Waals surface area contributed by atoms with E-state index in [-0.39, 0.29) is 5.56 Å². The van der Waals surface area contributed by atoms with Gasteiger partial charge in [-0.2, -0.15) is 0 Å². The van der Waals surface area contributed by atoms with E-state index in [1.54, 1.807) is 12.1 Å². The normalized spacial score (nSPS) is 12.4. The molecule has 0 aromatic heterocycles. The molecular formula is C14H19NO4. The van der Waals surface area contributed by atoms with Gasteiger partial charge < -0.3 is 15.5 Å². The first-order chi connectivity index (χ1) is 8.90. The van der Waals surface area contributed by atoms with Crippen molar-refractivity contribution in [1.82, 2.24) is 5.32 Å². The number of carboxylic acid groups (broad SMARTS) is 2. The van der Waals surface area contributed by atoms with Crippen molar-refractivity contribution < 1.29 is 19.8 Å². The maximum absolute atomic E-state index is 11.1. The lowest BCUT2D eigenvalue weighted by Gasteiger charge is -2.16. The number of aliphatic carboxylic acids is 1. The van der Waals surface area contributed by atoms with Gasteiger partial charge in [-0.3, -0.25) is 4.79 Å². The summed E-state index contributed by atoms with van der Waals surface area (Å²) in [7, 11) is 0. The van der Waals surface area contributed by atoms with Gasteiger partial charge in [0.05, 0.1) is 5.56 Å². The molecule has 1 aromatic rings. The highest BCUT2D eigenvalue weighted by molar-refractivity contribution is 5.87. The van der Waals surface area contributed by atoms with Crippen LogP contribution in [0.25, 0.3) is 0 Å². The fourth-order valence-electron chi connectivity index (χ4n) is 1.75. The third kappa shape index (κ3) is 5.09. The first kappa shape index (κ1) is 15.2. The molecule has 5 heteroatoms. The Labute approximate surface area is 112 Å². The van der Waals surface area contributed by atoms with Crippen LogP contribution in [0.5, 0.6) is 0 Å². The summed E-state index contributed by atoms with van der Waals surface area (Å²) in [6.07, 6.45) is 0.558. The van der Waals surface area contributed by atoms with Crippen molar-refractivity contribution in [3.05, 3.63) is 35.4 Å². The minimum absolute atomic E-state index is 0.223. The summed E-state index contributed by atoms with van der Waals surface area (Å²) in [4.78, 5) is 21.8. The van der Waals surface area contributed by atoms with Crippen LogP contribution in [0.1, 0.15) is 36.2 Å². The maximum Gasteiger partial charge on any atom is 0.335 e. The Morgan fingerprint density at radius 3 is 2.16 bits per heavy atom. The molecule has 0 amide bonds. The summed E-state index contributed by atoms with van der Waals surface area (Å²) in [5, 5.41) is 20.8. The van der Waals surface area contributed by atoms with Crippen molar-refractivity contribution in [3.8, 4) is 0 Å². The second-order valence-electron chi connectivity index (χ2n) is 4.90. The fraction of sp³-hybridized carbons (Fsp3) is 0.429. The average Bonchev–Trinajstić information content (AvgIpc) is 2.34. The predicted octanol–water partition coefficient (Wildman–Crippen LogP) is 1.97. The Bertz CT molecular complexity index is 439. The van der Waals surface area contributed by atoms with Crippen molar-refractivity contribution in [2.75, 3.05) is 0 Å². The topological polar surface area (TPSA) is 86.6 Å². The zero-order valence-electron chi connectivity index (χ0n) is 11.1. The largest absolute Gasteiger partial charge is 0.480 e. The summed E-state index contributed by atoms with van der Waals surface area (Å²) in [6, 6.07) is 5.81. The van der Waals surface area contributed by atoms with Crippen LogP contribution in [0.2, 0.25) is 0 Å². The molecule has 0 aliphatic carbocycles. The molecule has 0 radical (unpaired) electrons. The van der Waals surface area contributed by atoms with Crippen LogP contribution in [-0.4, -0.2) is 28.2 Å². The van der Waals surface area contributed by atoms with E-state index in [0.717, 1.165) is 5.56 Å². The number of rotatable bonds is 7. The van der Waals surface area contributed by atoms with Crippen molar-refractivity contribution >= 4 is 11.9 Å². The number of hydrogen-bond donors (Lipinski definition) is 3. The van der Waals surface area contributed by atoms with Gasteiger partial charge in [0.2, 0.25) is 0 Å². The lowest BCUT2D eigenvalue weighted by Crippen LogP contribution is -2.37. The van der Waals surface area contributed by atoms with E-state index in [1.807, 2.05) is 13.8 Å². The first-order valence-electron chi connectivity index (χ1n) is 6.18. The molecule has 104 valence electrons. The SMILES string of the molecule is CC(C)C[C@H](NCc1ccc(C(=O)O)cc1)C(=O)O. The quantitative estimate of drug-likeness (QED) is 0.701. The Morgan fingerprint density at radius 1 is 1.16 bits per heavy atom. The summed E-state index contributed by atoms with van der Waals surface area (Å²) in [6.45, 7) is 4.35. The molecule has 0 heterocycles. The highest BCUT2D eigenvalue weighted by Gasteiger charge is 2.17. The molecule has 1 aromatic carbocycles. The number of hydrogen-bond acceptors (Lipinski definition) is 3. The van der Waals surface area contributed by atoms with Crippen LogP contribution in [0.4, 0.5) is 0 Å². The van der Waals surface area contributed by atoms with Crippen molar-refractivity contribution in [3.63, 3.8) is 0 Å². The van der Waals surface area contributed by atoms with Gasteiger partial charge in [-0.05, 0) is 30.0 Å². The molecule has 0 unspecified atom stereocenters. The summed E-state index contributed by atoms with van der Waals surface area (Å²) >= 11 is 0. The van der Waals surface area contributed by atoms with Crippen molar-refractivity contribution in [2.45, 2.75) is 32.9 Å². The zero-order chi connectivity index (χ0) is 14.4. The minimum atomic E-state index is -0.970. The van der Waals surface area contributed by atoms with Gasteiger partial charge >= 0.3 is 11.9 Å². The molecule has 5 nitrogen and oxygen atoms in total. The number of benzene rings is 1. The van der Waals surface area contributed by atoms with Gasteiger partial charge in [0.25, 0.3) is 0 Å². The third-order valence-electron chi connectivity index (χ3n) is 2.76. The molecule has 0 aliphatic heterocycles. The molecular weight excluding hydrogens is 246 g/mol. The zero-order valence-corrected chi connectivity index (χ0v) is 11.1. The fourth-order valence-corrected chi connectivity index (χ4v) is 1.75. The van der Waals surface area contributed by atoms with Crippen LogP contribution in [-0.2, 0) is 11.3 Å². The van der Waals surface area contributed by atoms with Gasteiger partial charge in [-0.25, -0.2) is 4.79 Å². The standard InChI is InChI=1S/C14H19NO4/c1-9(2)7-12(14(18)19)15-8-10-3-5-11(6-4-10)13(16)17/h3-6,9,12,15H,7-8H2,1-2H3,(H,16,17)(H,18,19)/t12-/m0/s1.